The Kier molecular flexibility index (Phi) is 4.56. The van der Waals surface area contributed by atoms with Gasteiger partial charge in [-0.2, -0.15) is 18.3 Å². The zero-order valence-corrected chi connectivity index (χ0v) is 13.0. The molecule has 3 rings (SSSR count). The molecule has 0 aliphatic rings. The van der Waals surface area contributed by atoms with Crippen LogP contribution in [0.4, 0.5) is 13.2 Å². The first-order valence-electron chi connectivity index (χ1n) is 7.49. The molecule has 128 valence electrons. The summed E-state index contributed by atoms with van der Waals surface area (Å²) in [6, 6.07) is 15.5. The number of amides is 1. The van der Waals surface area contributed by atoms with Crippen molar-refractivity contribution < 1.29 is 18.0 Å². The standard InChI is InChI=1S/C18H14F3N3O/c19-18(20,21)14-6-4-5-13(11-14)12-22-17(25)16-9-10-23-24(16)15-7-2-1-3-8-15/h1-11H,12H2,(H,22,25). The molecule has 0 unspecified atom stereocenters. The fourth-order valence-electron chi connectivity index (χ4n) is 2.38. The molecule has 0 saturated carbocycles. The topological polar surface area (TPSA) is 46.9 Å². The summed E-state index contributed by atoms with van der Waals surface area (Å²) in [4.78, 5) is 12.4. The Morgan fingerprint density at radius 3 is 2.52 bits per heavy atom. The van der Waals surface area contributed by atoms with Crippen molar-refractivity contribution in [2.75, 3.05) is 0 Å². The minimum absolute atomic E-state index is 0.0112. The second-order valence-corrected chi connectivity index (χ2v) is 5.34. The molecule has 3 aromatic rings. The third-order valence-electron chi connectivity index (χ3n) is 3.58. The molecular formula is C18H14F3N3O. The molecule has 1 heterocycles. The van der Waals surface area contributed by atoms with Gasteiger partial charge in [-0.25, -0.2) is 4.68 Å². The van der Waals surface area contributed by atoms with Gasteiger partial charge in [-0.15, -0.1) is 0 Å². The first kappa shape index (κ1) is 16.8. The fourth-order valence-corrected chi connectivity index (χ4v) is 2.38. The average Bonchev–Trinajstić information content (AvgIpc) is 3.10. The summed E-state index contributed by atoms with van der Waals surface area (Å²) in [6.45, 7) is -0.0112. The summed E-state index contributed by atoms with van der Waals surface area (Å²) in [5, 5.41) is 6.74. The lowest BCUT2D eigenvalue weighted by atomic mass is 10.1. The van der Waals surface area contributed by atoms with Crippen LogP contribution < -0.4 is 5.32 Å². The molecule has 0 fully saturated rings. The summed E-state index contributed by atoms with van der Waals surface area (Å²) < 4.78 is 39.7. The largest absolute Gasteiger partial charge is 0.416 e. The fraction of sp³-hybridized carbons (Fsp3) is 0.111. The number of hydrogen-bond acceptors (Lipinski definition) is 2. The van der Waals surface area contributed by atoms with E-state index in [1.54, 1.807) is 18.2 Å². The maximum absolute atomic E-state index is 12.7. The average molecular weight is 345 g/mol. The van der Waals surface area contributed by atoms with Crippen molar-refractivity contribution in [2.45, 2.75) is 12.7 Å². The number of nitrogens with zero attached hydrogens (tertiary/aromatic N) is 2. The van der Waals surface area contributed by atoms with E-state index in [-0.39, 0.29) is 6.54 Å². The van der Waals surface area contributed by atoms with Crippen LogP contribution >= 0.6 is 0 Å². The number of rotatable bonds is 4. The Hall–Kier alpha value is -3.09. The highest BCUT2D eigenvalue weighted by molar-refractivity contribution is 5.93. The molecule has 4 nitrogen and oxygen atoms in total. The van der Waals surface area contributed by atoms with Crippen molar-refractivity contribution in [3.63, 3.8) is 0 Å². The second-order valence-electron chi connectivity index (χ2n) is 5.34. The highest BCUT2D eigenvalue weighted by Gasteiger charge is 2.30. The van der Waals surface area contributed by atoms with Crippen LogP contribution in [0.3, 0.4) is 0 Å². The van der Waals surface area contributed by atoms with Crippen LogP contribution in [-0.2, 0) is 12.7 Å². The van der Waals surface area contributed by atoms with Crippen LogP contribution in [0.5, 0.6) is 0 Å². The SMILES string of the molecule is O=C(NCc1cccc(C(F)(F)F)c1)c1ccnn1-c1ccccc1. The number of aromatic nitrogens is 2. The molecule has 1 N–H and O–H groups in total. The van der Waals surface area contributed by atoms with Gasteiger partial charge in [-0.3, -0.25) is 4.79 Å². The van der Waals surface area contributed by atoms with Gasteiger partial charge in [-0.05, 0) is 35.9 Å². The molecule has 7 heteroatoms. The van der Waals surface area contributed by atoms with E-state index in [9.17, 15) is 18.0 Å². The van der Waals surface area contributed by atoms with Gasteiger partial charge in [0.25, 0.3) is 5.91 Å². The Morgan fingerprint density at radius 2 is 1.80 bits per heavy atom. The van der Waals surface area contributed by atoms with E-state index in [0.29, 0.717) is 11.3 Å². The van der Waals surface area contributed by atoms with E-state index < -0.39 is 17.6 Å². The van der Waals surface area contributed by atoms with E-state index in [1.807, 2.05) is 18.2 Å². The minimum atomic E-state index is -4.41. The zero-order valence-electron chi connectivity index (χ0n) is 13.0. The van der Waals surface area contributed by atoms with Gasteiger partial charge in [0.05, 0.1) is 17.4 Å². The number of para-hydroxylation sites is 1. The third-order valence-corrected chi connectivity index (χ3v) is 3.58. The Balaban J connectivity index is 1.74. The number of carbonyl (C=O) groups excluding carboxylic acids is 1. The first-order valence-corrected chi connectivity index (χ1v) is 7.49. The van der Waals surface area contributed by atoms with E-state index in [4.69, 9.17) is 0 Å². The number of hydrogen-bond donors (Lipinski definition) is 1. The molecule has 0 saturated heterocycles. The van der Waals surface area contributed by atoms with E-state index in [0.717, 1.165) is 17.8 Å². The van der Waals surface area contributed by atoms with Gasteiger partial charge in [0.1, 0.15) is 5.69 Å². The highest BCUT2D eigenvalue weighted by Crippen LogP contribution is 2.29. The molecule has 0 aliphatic carbocycles. The number of halogens is 3. The lowest BCUT2D eigenvalue weighted by Crippen LogP contribution is -2.25. The number of carbonyl (C=O) groups is 1. The molecular weight excluding hydrogens is 331 g/mol. The molecule has 1 aromatic heterocycles. The molecule has 0 bridgehead atoms. The third kappa shape index (κ3) is 3.88. The zero-order chi connectivity index (χ0) is 17.9. The molecule has 1 amide bonds. The maximum atomic E-state index is 12.7. The van der Waals surface area contributed by atoms with E-state index in [2.05, 4.69) is 10.4 Å². The van der Waals surface area contributed by atoms with Crippen LogP contribution in [0.25, 0.3) is 5.69 Å². The molecule has 0 radical (unpaired) electrons. The normalized spacial score (nSPS) is 11.3. The molecule has 0 spiro atoms. The molecule has 25 heavy (non-hydrogen) atoms. The summed E-state index contributed by atoms with van der Waals surface area (Å²) in [6.07, 6.45) is -2.92. The van der Waals surface area contributed by atoms with Crippen molar-refractivity contribution in [1.82, 2.24) is 15.1 Å². The number of benzene rings is 2. The van der Waals surface area contributed by atoms with Crippen molar-refractivity contribution in [2.24, 2.45) is 0 Å². The molecule has 2 aromatic carbocycles. The quantitative estimate of drug-likeness (QED) is 0.781. The summed E-state index contributed by atoms with van der Waals surface area (Å²) in [5.74, 6) is -0.418. The number of nitrogens with one attached hydrogen (secondary N) is 1. The lowest BCUT2D eigenvalue weighted by molar-refractivity contribution is -0.137. The van der Waals surface area contributed by atoms with Crippen LogP contribution in [-0.4, -0.2) is 15.7 Å². The summed E-state index contributed by atoms with van der Waals surface area (Å²) >= 11 is 0. The van der Waals surface area contributed by atoms with Gasteiger partial charge in [0.15, 0.2) is 0 Å². The predicted octanol–water partition coefficient (Wildman–Crippen LogP) is 3.82. The van der Waals surface area contributed by atoms with E-state index >= 15 is 0 Å². The number of alkyl halides is 3. The van der Waals surface area contributed by atoms with Gasteiger partial charge >= 0.3 is 6.18 Å². The van der Waals surface area contributed by atoms with Gasteiger partial charge in [0, 0.05) is 6.54 Å². The van der Waals surface area contributed by atoms with Gasteiger partial charge in [0.2, 0.25) is 0 Å². The smallest absolute Gasteiger partial charge is 0.347 e. The van der Waals surface area contributed by atoms with Crippen LogP contribution in [0.1, 0.15) is 21.6 Å². The molecule has 0 aliphatic heterocycles. The molecule has 0 atom stereocenters. The lowest BCUT2D eigenvalue weighted by Gasteiger charge is -2.10. The van der Waals surface area contributed by atoms with Gasteiger partial charge in [-0.1, -0.05) is 30.3 Å². The van der Waals surface area contributed by atoms with Gasteiger partial charge < -0.3 is 5.32 Å². The van der Waals surface area contributed by atoms with Crippen molar-refractivity contribution in [3.05, 3.63) is 83.7 Å². The van der Waals surface area contributed by atoms with Crippen molar-refractivity contribution in [1.29, 1.82) is 0 Å². The maximum Gasteiger partial charge on any atom is 0.416 e. The van der Waals surface area contributed by atoms with E-state index in [1.165, 1.54) is 23.0 Å². The first-order chi connectivity index (χ1) is 11.9. The second kappa shape index (κ2) is 6.80. The summed E-state index contributed by atoms with van der Waals surface area (Å²) in [7, 11) is 0. The van der Waals surface area contributed by atoms with Crippen molar-refractivity contribution >= 4 is 5.91 Å². The predicted molar refractivity (Wildman–Crippen MR) is 86.2 cm³/mol. The Labute approximate surface area is 141 Å². The monoisotopic (exact) mass is 345 g/mol. The van der Waals surface area contributed by atoms with Crippen LogP contribution in [0, 0.1) is 0 Å². The Morgan fingerprint density at radius 1 is 1.04 bits per heavy atom. The summed E-state index contributed by atoms with van der Waals surface area (Å²) in [5.41, 5.74) is 0.650. The highest BCUT2D eigenvalue weighted by atomic mass is 19.4. The minimum Gasteiger partial charge on any atom is -0.347 e. The van der Waals surface area contributed by atoms with Crippen LogP contribution in [0.15, 0.2) is 66.9 Å². The Bertz CT molecular complexity index is 873. The van der Waals surface area contributed by atoms with Crippen LogP contribution in [0.2, 0.25) is 0 Å². The van der Waals surface area contributed by atoms with Crippen molar-refractivity contribution in [3.8, 4) is 5.69 Å².